The van der Waals surface area contributed by atoms with E-state index in [1.807, 2.05) is 14.0 Å². The lowest BCUT2D eigenvalue weighted by Gasteiger charge is -2.35. The number of likely N-dealkylation sites (N-methyl/N-ethyl adjacent to an activating group) is 1. The Hall–Kier alpha value is -0.650. The summed E-state index contributed by atoms with van der Waals surface area (Å²) < 4.78 is 5.52. The van der Waals surface area contributed by atoms with E-state index in [0.717, 1.165) is 19.6 Å². The fourth-order valence-corrected chi connectivity index (χ4v) is 1.63. The Bertz CT molecular complexity index is 196. The van der Waals surface area contributed by atoms with Gasteiger partial charge in [-0.3, -0.25) is 9.69 Å². The molecule has 82 valence electrons. The smallest absolute Gasteiger partial charge is 0.234 e. The van der Waals surface area contributed by atoms with E-state index in [2.05, 4.69) is 10.2 Å². The van der Waals surface area contributed by atoms with Crippen LogP contribution in [0.3, 0.4) is 0 Å². The lowest BCUT2D eigenvalue weighted by atomic mass is 10.2. The summed E-state index contributed by atoms with van der Waals surface area (Å²) in [5.74, 6) is -0.268. The fraction of sp³-hybridized carbons (Fsp3) is 0.889. The van der Waals surface area contributed by atoms with Crippen molar-refractivity contribution >= 4 is 5.91 Å². The summed E-state index contributed by atoms with van der Waals surface area (Å²) in [4.78, 5) is 13.1. The van der Waals surface area contributed by atoms with Crippen molar-refractivity contribution < 1.29 is 9.53 Å². The SMILES string of the molecule is CNCC1CN(C(C)C(N)=O)CCO1. The van der Waals surface area contributed by atoms with E-state index in [0.29, 0.717) is 6.61 Å². The first-order valence-corrected chi connectivity index (χ1v) is 4.94. The van der Waals surface area contributed by atoms with Gasteiger partial charge in [-0.2, -0.15) is 0 Å². The van der Waals surface area contributed by atoms with Crippen molar-refractivity contribution in [1.82, 2.24) is 10.2 Å². The van der Waals surface area contributed by atoms with Crippen LogP contribution in [0.5, 0.6) is 0 Å². The number of primary amides is 1. The molecule has 1 rings (SSSR count). The molecule has 5 heteroatoms. The average Bonchev–Trinajstić information content (AvgIpc) is 2.17. The number of nitrogens with two attached hydrogens (primary N) is 1. The first kappa shape index (κ1) is 11.4. The molecule has 0 aliphatic carbocycles. The maximum absolute atomic E-state index is 11.0. The van der Waals surface area contributed by atoms with Crippen LogP contribution in [0, 0.1) is 0 Å². The highest BCUT2D eigenvalue weighted by Crippen LogP contribution is 2.08. The van der Waals surface area contributed by atoms with Crippen LogP contribution in [0.15, 0.2) is 0 Å². The number of morpholine rings is 1. The van der Waals surface area contributed by atoms with Crippen molar-refractivity contribution in [3.8, 4) is 0 Å². The van der Waals surface area contributed by atoms with Gasteiger partial charge < -0.3 is 15.8 Å². The number of ether oxygens (including phenoxy) is 1. The standard InChI is InChI=1S/C9H19N3O2/c1-7(9(10)13)12-3-4-14-8(6-12)5-11-2/h7-8,11H,3-6H2,1-2H3,(H2,10,13). The monoisotopic (exact) mass is 201 g/mol. The highest BCUT2D eigenvalue weighted by Gasteiger charge is 2.25. The van der Waals surface area contributed by atoms with Crippen molar-refractivity contribution in [2.24, 2.45) is 5.73 Å². The fourth-order valence-electron chi connectivity index (χ4n) is 1.63. The molecular weight excluding hydrogens is 182 g/mol. The topological polar surface area (TPSA) is 67.6 Å². The molecule has 1 aliphatic rings. The van der Waals surface area contributed by atoms with Gasteiger partial charge in [-0.15, -0.1) is 0 Å². The minimum atomic E-state index is -0.268. The van der Waals surface area contributed by atoms with Crippen molar-refractivity contribution in [3.63, 3.8) is 0 Å². The van der Waals surface area contributed by atoms with Gasteiger partial charge in [0.1, 0.15) is 0 Å². The van der Waals surface area contributed by atoms with Crippen molar-refractivity contribution in [1.29, 1.82) is 0 Å². The largest absolute Gasteiger partial charge is 0.374 e. The van der Waals surface area contributed by atoms with Gasteiger partial charge in [0, 0.05) is 19.6 Å². The van der Waals surface area contributed by atoms with Gasteiger partial charge in [-0.05, 0) is 14.0 Å². The summed E-state index contributed by atoms with van der Waals surface area (Å²) in [6, 6.07) is -0.196. The predicted molar refractivity (Wildman–Crippen MR) is 53.9 cm³/mol. The number of nitrogens with zero attached hydrogens (tertiary/aromatic N) is 1. The molecule has 3 N–H and O–H groups in total. The molecule has 2 unspecified atom stereocenters. The molecule has 14 heavy (non-hydrogen) atoms. The van der Waals surface area contributed by atoms with E-state index in [1.54, 1.807) is 0 Å². The zero-order chi connectivity index (χ0) is 10.6. The maximum atomic E-state index is 11.0. The van der Waals surface area contributed by atoms with Crippen LogP contribution in [0.2, 0.25) is 0 Å². The Morgan fingerprint density at radius 3 is 3.07 bits per heavy atom. The highest BCUT2D eigenvalue weighted by molar-refractivity contribution is 5.79. The van der Waals surface area contributed by atoms with Crippen LogP contribution in [-0.4, -0.2) is 56.2 Å². The van der Waals surface area contributed by atoms with Crippen LogP contribution in [0.25, 0.3) is 0 Å². The molecule has 5 nitrogen and oxygen atoms in total. The molecule has 1 saturated heterocycles. The van der Waals surface area contributed by atoms with Gasteiger partial charge in [-0.1, -0.05) is 0 Å². The molecule has 1 aliphatic heterocycles. The van der Waals surface area contributed by atoms with Crippen molar-refractivity contribution in [2.45, 2.75) is 19.1 Å². The van der Waals surface area contributed by atoms with Gasteiger partial charge in [-0.25, -0.2) is 0 Å². The van der Waals surface area contributed by atoms with E-state index < -0.39 is 0 Å². The van der Waals surface area contributed by atoms with Gasteiger partial charge >= 0.3 is 0 Å². The normalized spacial score (nSPS) is 26.0. The minimum Gasteiger partial charge on any atom is -0.374 e. The molecular formula is C9H19N3O2. The van der Waals surface area contributed by atoms with Crippen LogP contribution in [0.1, 0.15) is 6.92 Å². The second kappa shape index (κ2) is 5.29. The van der Waals surface area contributed by atoms with Gasteiger partial charge in [0.2, 0.25) is 5.91 Å². The van der Waals surface area contributed by atoms with E-state index in [9.17, 15) is 4.79 Å². The molecule has 1 heterocycles. The second-order valence-corrected chi connectivity index (χ2v) is 3.62. The zero-order valence-corrected chi connectivity index (χ0v) is 8.82. The molecule has 0 aromatic rings. The Morgan fingerprint density at radius 2 is 2.50 bits per heavy atom. The first-order chi connectivity index (χ1) is 6.65. The minimum absolute atomic E-state index is 0.163. The number of hydrogen-bond acceptors (Lipinski definition) is 4. The third-order valence-corrected chi connectivity index (χ3v) is 2.56. The molecule has 0 spiro atoms. The first-order valence-electron chi connectivity index (χ1n) is 4.94. The third kappa shape index (κ3) is 2.94. The van der Waals surface area contributed by atoms with Crippen LogP contribution in [0.4, 0.5) is 0 Å². The molecule has 0 saturated carbocycles. The van der Waals surface area contributed by atoms with Crippen LogP contribution < -0.4 is 11.1 Å². The Labute approximate surface area is 84.6 Å². The van der Waals surface area contributed by atoms with Crippen molar-refractivity contribution in [2.75, 3.05) is 33.3 Å². The summed E-state index contributed by atoms with van der Waals surface area (Å²) >= 11 is 0. The Kier molecular flexibility index (Phi) is 4.31. The number of amides is 1. The summed E-state index contributed by atoms with van der Waals surface area (Å²) in [5.41, 5.74) is 5.25. The summed E-state index contributed by atoms with van der Waals surface area (Å²) in [6.45, 7) is 4.87. The summed E-state index contributed by atoms with van der Waals surface area (Å²) in [7, 11) is 1.89. The van der Waals surface area contributed by atoms with E-state index in [4.69, 9.17) is 10.5 Å². The maximum Gasteiger partial charge on any atom is 0.234 e. The molecule has 1 fully saturated rings. The zero-order valence-electron chi connectivity index (χ0n) is 8.82. The number of hydrogen-bond donors (Lipinski definition) is 2. The quantitative estimate of drug-likeness (QED) is 0.598. The Morgan fingerprint density at radius 1 is 1.79 bits per heavy atom. The highest BCUT2D eigenvalue weighted by atomic mass is 16.5. The lowest BCUT2D eigenvalue weighted by Crippen LogP contribution is -2.53. The summed E-state index contributed by atoms with van der Waals surface area (Å²) in [5, 5.41) is 3.06. The van der Waals surface area contributed by atoms with Crippen LogP contribution >= 0.6 is 0 Å². The van der Waals surface area contributed by atoms with Crippen LogP contribution in [-0.2, 0) is 9.53 Å². The van der Waals surface area contributed by atoms with E-state index in [1.165, 1.54) is 0 Å². The predicted octanol–water partition coefficient (Wildman–Crippen LogP) is -1.22. The average molecular weight is 201 g/mol. The molecule has 0 radical (unpaired) electrons. The van der Waals surface area contributed by atoms with Crippen molar-refractivity contribution in [3.05, 3.63) is 0 Å². The molecule has 0 bridgehead atoms. The summed E-state index contributed by atoms with van der Waals surface area (Å²) in [6.07, 6.45) is 0.163. The van der Waals surface area contributed by atoms with Gasteiger partial charge in [0.25, 0.3) is 0 Å². The molecule has 0 aromatic heterocycles. The second-order valence-electron chi connectivity index (χ2n) is 3.62. The molecule has 1 amide bonds. The number of carbonyl (C=O) groups is 1. The van der Waals surface area contributed by atoms with Gasteiger partial charge in [0.15, 0.2) is 0 Å². The molecule has 0 aromatic carbocycles. The number of rotatable bonds is 4. The number of carbonyl (C=O) groups excluding carboxylic acids is 1. The van der Waals surface area contributed by atoms with E-state index in [-0.39, 0.29) is 18.1 Å². The lowest BCUT2D eigenvalue weighted by molar-refractivity contribution is -0.125. The number of nitrogens with one attached hydrogen (secondary N) is 1. The van der Waals surface area contributed by atoms with Gasteiger partial charge in [0.05, 0.1) is 18.8 Å². The Balaban J connectivity index is 2.43. The molecule has 2 atom stereocenters. The van der Waals surface area contributed by atoms with E-state index >= 15 is 0 Å². The third-order valence-electron chi connectivity index (χ3n) is 2.56.